The topological polar surface area (TPSA) is 26.0 Å². The molecule has 1 aromatic rings. The summed E-state index contributed by atoms with van der Waals surface area (Å²) in [5, 5.41) is 0. The van der Waals surface area contributed by atoms with Crippen LogP contribution in [-0.2, 0) is 0 Å². The molecule has 0 amide bonds. The van der Waals surface area contributed by atoms with Gasteiger partial charge >= 0.3 is 0 Å². The van der Waals surface area contributed by atoms with Crippen molar-refractivity contribution >= 4 is 0 Å². The van der Waals surface area contributed by atoms with E-state index in [4.69, 9.17) is 5.73 Å². The van der Waals surface area contributed by atoms with Gasteiger partial charge in [-0.2, -0.15) is 0 Å². The monoisotopic (exact) mass is 165 g/mol. The van der Waals surface area contributed by atoms with Crippen molar-refractivity contribution in [3.8, 4) is 0 Å². The van der Waals surface area contributed by atoms with Gasteiger partial charge in [-0.25, -0.2) is 4.39 Å². The first-order valence-corrected chi connectivity index (χ1v) is 3.79. The van der Waals surface area contributed by atoms with Crippen LogP contribution in [0.25, 0.3) is 0 Å². The summed E-state index contributed by atoms with van der Waals surface area (Å²) in [6, 6.07) is 4.37. The first kappa shape index (κ1) is 8.94. The Morgan fingerprint density at radius 2 is 2.25 bits per heavy atom. The molecule has 0 aliphatic heterocycles. The molecule has 0 bridgehead atoms. The minimum absolute atomic E-state index is 0.203. The maximum absolute atomic E-state index is 12.6. The quantitative estimate of drug-likeness (QED) is 0.669. The molecule has 1 aromatic carbocycles. The molecule has 1 rings (SSSR count). The van der Waals surface area contributed by atoms with Gasteiger partial charge in [-0.05, 0) is 30.2 Å². The lowest BCUT2D eigenvalue weighted by Crippen LogP contribution is -2.08. The molecule has 0 fully saturated rings. The van der Waals surface area contributed by atoms with Gasteiger partial charge < -0.3 is 5.73 Å². The summed E-state index contributed by atoms with van der Waals surface area (Å²) in [4.78, 5) is 0. The van der Waals surface area contributed by atoms with E-state index in [1.165, 1.54) is 12.1 Å². The summed E-state index contributed by atoms with van der Waals surface area (Å²) in [5.74, 6) is -0.229. The zero-order valence-corrected chi connectivity index (χ0v) is 7.05. The number of hydrogen-bond donors (Lipinski definition) is 1. The molecule has 0 aromatic heterocycles. The SMILES string of the molecule is C=CC(N)c1ccc(F)cc1C. The third-order valence-electron chi connectivity index (χ3n) is 1.84. The fraction of sp³-hybridized carbons (Fsp3) is 0.200. The van der Waals surface area contributed by atoms with Gasteiger partial charge in [0.05, 0.1) is 0 Å². The molecule has 1 nitrogen and oxygen atoms in total. The van der Waals surface area contributed by atoms with E-state index in [0.29, 0.717) is 0 Å². The largest absolute Gasteiger partial charge is 0.321 e. The van der Waals surface area contributed by atoms with Crippen LogP contribution in [0.4, 0.5) is 4.39 Å². The summed E-state index contributed by atoms with van der Waals surface area (Å²) >= 11 is 0. The maximum Gasteiger partial charge on any atom is 0.123 e. The Hall–Kier alpha value is -1.15. The molecule has 2 heteroatoms. The summed E-state index contributed by atoms with van der Waals surface area (Å²) in [6.07, 6.45) is 1.64. The van der Waals surface area contributed by atoms with Crippen LogP contribution in [-0.4, -0.2) is 0 Å². The Labute approximate surface area is 71.7 Å². The molecule has 1 atom stereocenters. The molecule has 64 valence electrons. The lowest BCUT2D eigenvalue weighted by Gasteiger charge is -2.09. The second kappa shape index (κ2) is 3.50. The first-order chi connectivity index (χ1) is 5.65. The predicted molar refractivity (Wildman–Crippen MR) is 48.3 cm³/mol. The molecule has 0 aliphatic rings. The molecule has 0 heterocycles. The van der Waals surface area contributed by atoms with Crippen LogP contribution in [0.15, 0.2) is 30.9 Å². The molecular weight excluding hydrogens is 153 g/mol. The van der Waals surface area contributed by atoms with Crippen LogP contribution in [0, 0.1) is 12.7 Å². The molecule has 0 radical (unpaired) electrons. The predicted octanol–water partition coefficient (Wildman–Crippen LogP) is 2.32. The van der Waals surface area contributed by atoms with Crippen LogP contribution < -0.4 is 5.73 Å². The van der Waals surface area contributed by atoms with E-state index in [-0.39, 0.29) is 11.9 Å². The Balaban J connectivity index is 3.09. The minimum atomic E-state index is -0.229. The Bertz CT molecular complexity index is 294. The number of hydrogen-bond acceptors (Lipinski definition) is 1. The molecule has 0 aliphatic carbocycles. The van der Waals surface area contributed by atoms with Gasteiger partial charge in [-0.15, -0.1) is 6.58 Å². The van der Waals surface area contributed by atoms with Gasteiger partial charge in [0.15, 0.2) is 0 Å². The second-order valence-corrected chi connectivity index (χ2v) is 2.76. The lowest BCUT2D eigenvalue weighted by atomic mass is 10.0. The van der Waals surface area contributed by atoms with Crippen molar-refractivity contribution in [1.29, 1.82) is 0 Å². The number of nitrogens with two attached hydrogens (primary N) is 1. The third-order valence-corrected chi connectivity index (χ3v) is 1.84. The summed E-state index contributed by atoms with van der Waals surface area (Å²) in [5.41, 5.74) is 7.49. The minimum Gasteiger partial charge on any atom is -0.321 e. The van der Waals surface area contributed by atoms with Gasteiger partial charge in [-0.3, -0.25) is 0 Å². The number of rotatable bonds is 2. The highest BCUT2D eigenvalue weighted by molar-refractivity contribution is 5.31. The van der Waals surface area contributed by atoms with E-state index in [2.05, 4.69) is 6.58 Å². The Morgan fingerprint density at radius 3 is 2.75 bits per heavy atom. The van der Waals surface area contributed by atoms with Gasteiger partial charge in [0.1, 0.15) is 5.82 Å². The number of halogens is 1. The molecule has 0 spiro atoms. The lowest BCUT2D eigenvalue weighted by molar-refractivity contribution is 0.625. The summed E-state index contributed by atoms with van der Waals surface area (Å²) < 4.78 is 12.6. The van der Waals surface area contributed by atoms with Crippen molar-refractivity contribution in [2.24, 2.45) is 5.73 Å². The average molecular weight is 165 g/mol. The Morgan fingerprint density at radius 1 is 1.58 bits per heavy atom. The fourth-order valence-electron chi connectivity index (χ4n) is 1.14. The highest BCUT2D eigenvalue weighted by Crippen LogP contribution is 2.16. The van der Waals surface area contributed by atoms with Crippen molar-refractivity contribution in [2.75, 3.05) is 0 Å². The van der Waals surface area contributed by atoms with Crippen molar-refractivity contribution in [1.82, 2.24) is 0 Å². The zero-order valence-electron chi connectivity index (χ0n) is 7.05. The van der Waals surface area contributed by atoms with Crippen molar-refractivity contribution < 1.29 is 4.39 Å². The smallest absolute Gasteiger partial charge is 0.123 e. The Kier molecular flexibility index (Phi) is 2.61. The van der Waals surface area contributed by atoms with Crippen LogP contribution >= 0.6 is 0 Å². The number of aryl methyl sites for hydroxylation is 1. The highest BCUT2D eigenvalue weighted by atomic mass is 19.1. The summed E-state index contributed by atoms with van der Waals surface area (Å²) in [6.45, 7) is 5.42. The standard InChI is InChI=1S/C10H12FN/c1-3-10(12)9-5-4-8(11)6-7(9)2/h3-6,10H,1,12H2,2H3. The van der Waals surface area contributed by atoms with Crippen LogP contribution in [0.2, 0.25) is 0 Å². The maximum atomic E-state index is 12.6. The van der Waals surface area contributed by atoms with E-state index in [1.54, 1.807) is 12.1 Å². The molecule has 2 N–H and O–H groups in total. The molecule has 12 heavy (non-hydrogen) atoms. The van der Waals surface area contributed by atoms with Crippen LogP contribution in [0.1, 0.15) is 17.2 Å². The van der Waals surface area contributed by atoms with Crippen LogP contribution in [0.5, 0.6) is 0 Å². The number of benzene rings is 1. The van der Waals surface area contributed by atoms with Crippen LogP contribution in [0.3, 0.4) is 0 Å². The van der Waals surface area contributed by atoms with E-state index in [0.717, 1.165) is 11.1 Å². The molecule has 0 saturated carbocycles. The van der Waals surface area contributed by atoms with Crippen molar-refractivity contribution in [3.63, 3.8) is 0 Å². The van der Waals surface area contributed by atoms with E-state index >= 15 is 0 Å². The van der Waals surface area contributed by atoms with Gasteiger partial charge in [0.25, 0.3) is 0 Å². The molecular formula is C10H12FN. The fourth-order valence-corrected chi connectivity index (χ4v) is 1.14. The van der Waals surface area contributed by atoms with Crippen molar-refractivity contribution in [2.45, 2.75) is 13.0 Å². The first-order valence-electron chi connectivity index (χ1n) is 3.79. The molecule has 1 unspecified atom stereocenters. The van der Waals surface area contributed by atoms with E-state index < -0.39 is 0 Å². The highest BCUT2D eigenvalue weighted by Gasteiger charge is 2.04. The zero-order chi connectivity index (χ0) is 9.14. The normalized spacial score (nSPS) is 12.6. The van der Waals surface area contributed by atoms with Crippen molar-refractivity contribution in [3.05, 3.63) is 47.8 Å². The van der Waals surface area contributed by atoms with E-state index in [1.807, 2.05) is 6.92 Å². The summed E-state index contributed by atoms with van der Waals surface area (Å²) in [7, 11) is 0. The second-order valence-electron chi connectivity index (χ2n) is 2.76. The van der Waals surface area contributed by atoms with E-state index in [9.17, 15) is 4.39 Å². The molecule has 0 saturated heterocycles. The van der Waals surface area contributed by atoms with Gasteiger partial charge in [0, 0.05) is 6.04 Å². The van der Waals surface area contributed by atoms with Gasteiger partial charge in [0.2, 0.25) is 0 Å². The van der Waals surface area contributed by atoms with Gasteiger partial charge in [-0.1, -0.05) is 12.1 Å². The third kappa shape index (κ3) is 1.71. The average Bonchev–Trinajstić information content (AvgIpc) is 2.03.